The minimum atomic E-state index is -0.939. The highest BCUT2D eigenvalue weighted by molar-refractivity contribution is 5.85. The molecule has 0 unspecified atom stereocenters. The summed E-state index contributed by atoms with van der Waals surface area (Å²) in [5.74, 6) is -0.0929. The molecule has 0 saturated carbocycles. The summed E-state index contributed by atoms with van der Waals surface area (Å²) in [6.45, 7) is 2.24. The van der Waals surface area contributed by atoms with Gasteiger partial charge in [0, 0.05) is 6.08 Å². The minimum absolute atomic E-state index is 0.846. The van der Waals surface area contributed by atoms with Gasteiger partial charge in [-0.05, 0) is 36.1 Å². The summed E-state index contributed by atoms with van der Waals surface area (Å²) in [5, 5.41) is 8.66. The van der Waals surface area contributed by atoms with E-state index in [1.54, 1.807) is 13.2 Å². The molecule has 0 radical (unpaired) electrons. The molecule has 0 aliphatic rings. The Morgan fingerprint density at radius 3 is 2.45 bits per heavy atom. The number of ether oxygens (including phenoxy) is 1. The van der Waals surface area contributed by atoms with E-state index in [0.717, 1.165) is 23.8 Å². The zero-order valence-electron chi connectivity index (χ0n) is 13.8. The Morgan fingerprint density at radius 2 is 1.82 bits per heavy atom. The maximum absolute atomic E-state index is 10.5. The summed E-state index contributed by atoms with van der Waals surface area (Å²) in [4.78, 5) is 10.5. The van der Waals surface area contributed by atoms with E-state index in [0.29, 0.717) is 0 Å². The summed E-state index contributed by atoms with van der Waals surface area (Å²) in [7, 11) is 1.66. The molecule has 0 aliphatic heterocycles. The number of carboxylic acid groups (broad SMARTS) is 1. The van der Waals surface area contributed by atoms with Gasteiger partial charge in [0.2, 0.25) is 0 Å². The van der Waals surface area contributed by atoms with Gasteiger partial charge in [-0.2, -0.15) is 0 Å². The van der Waals surface area contributed by atoms with Crippen LogP contribution in [-0.2, 0) is 11.2 Å². The maximum atomic E-state index is 10.5. The topological polar surface area (TPSA) is 46.5 Å². The van der Waals surface area contributed by atoms with Gasteiger partial charge < -0.3 is 9.84 Å². The Kier molecular flexibility index (Phi) is 9.04. The average molecular weight is 304 g/mol. The van der Waals surface area contributed by atoms with Crippen LogP contribution < -0.4 is 4.74 Å². The highest BCUT2D eigenvalue weighted by atomic mass is 16.5. The molecule has 3 heteroatoms. The molecule has 1 N–H and O–H groups in total. The third-order valence-corrected chi connectivity index (χ3v) is 3.78. The van der Waals surface area contributed by atoms with Gasteiger partial charge in [-0.15, -0.1) is 0 Å². The lowest BCUT2D eigenvalue weighted by molar-refractivity contribution is -0.131. The lowest BCUT2D eigenvalue weighted by Crippen LogP contribution is -1.94. The highest BCUT2D eigenvalue weighted by Crippen LogP contribution is 2.23. The SMILES string of the molecule is CCCCCCCCCc1ccc(C=CC(=O)O)cc1OC. The summed E-state index contributed by atoms with van der Waals surface area (Å²) < 4.78 is 5.42. The van der Waals surface area contributed by atoms with Gasteiger partial charge in [0.15, 0.2) is 0 Å². The number of rotatable bonds is 11. The van der Waals surface area contributed by atoms with Crippen LogP contribution >= 0.6 is 0 Å². The monoisotopic (exact) mass is 304 g/mol. The van der Waals surface area contributed by atoms with Crippen molar-refractivity contribution in [1.29, 1.82) is 0 Å². The standard InChI is InChI=1S/C19H28O3/c1-3-4-5-6-7-8-9-10-17-13-11-16(12-14-19(20)21)15-18(17)22-2/h11-15H,3-10H2,1-2H3,(H,20,21). The molecular formula is C19H28O3. The van der Waals surface area contributed by atoms with Crippen LogP contribution in [0.15, 0.2) is 24.3 Å². The molecule has 122 valence electrons. The van der Waals surface area contributed by atoms with Gasteiger partial charge >= 0.3 is 5.97 Å². The second kappa shape index (κ2) is 10.9. The third-order valence-electron chi connectivity index (χ3n) is 3.78. The molecule has 0 atom stereocenters. The fraction of sp³-hybridized carbons (Fsp3) is 0.526. The molecule has 1 rings (SSSR count). The molecule has 0 bridgehead atoms. The van der Waals surface area contributed by atoms with Crippen LogP contribution in [0.4, 0.5) is 0 Å². The van der Waals surface area contributed by atoms with Crippen molar-refractivity contribution < 1.29 is 14.6 Å². The van der Waals surface area contributed by atoms with Crippen LogP contribution in [0.25, 0.3) is 6.08 Å². The van der Waals surface area contributed by atoms with Crippen molar-refractivity contribution in [2.45, 2.75) is 58.3 Å². The molecule has 3 nitrogen and oxygen atoms in total. The molecule has 0 saturated heterocycles. The molecule has 0 aliphatic carbocycles. The van der Waals surface area contributed by atoms with Crippen LogP contribution in [0.2, 0.25) is 0 Å². The quantitative estimate of drug-likeness (QED) is 0.458. The molecular weight excluding hydrogens is 276 g/mol. The molecule has 0 heterocycles. The van der Waals surface area contributed by atoms with Gasteiger partial charge in [0.25, 0.3) is 0 Å². The molecule has 1 aromatic carbocycles. The molecule has 22 heavy (non-hydrogen) atoms. The van der Waals surface area contributed by atoms with E-state index in [9.17, 15) is 4.79 Å². The van der Waals surface area contributed by atoms with Crippen molar-refractivity contribution in [3.05, 3.63) is 35.4 Å². The second-order valence-corrected chi connectivity index (χ2v) is 5.61. The van der Waals surface area contributed by atoms with Crippen LogP contribution in [-0.4, -0.2) is 18.2 Å². The van der Waals surface area contributed by atoms with Crippen LogP contribution in [0.3, 0.4) is 0 Å². The number of aliphatic carboxylic acids is 1. The van der Waals surface area contributed by atoms with E-state index in [-0.39, 0.29) is 0 Å². The van der Waals surface area contributed by atoms with E-state index in [1.165, 1.54) is 50.5 Å². The number of methoxy groups -OCH3 is 1. The van der Waals surface area contributed by atoms with Gasteiger partial charge in [-0.1, -0.05) is 57.6 Å². The first-order valence-electron chi connectivity index (χ1n) is 8.25. The number of carbonyl (C=O) groups is 1. The van der Waals surface area contributed by atoms with Crippen molar-refractivity contribution in [3.63, 3.8) is 0 Å². The van der Waals surface area contributed by atoms with Gasteiger partial charge in [-0.25, -0.2) is 4.79 Å². The summed E-state index contributed by atoms with van der Waals surface area (Å²) in [6.07, 6.45) is 12.8. The Balaban J connectivity index is 2.44. The van der Waals surface area contributed by atoms with Crippen LogP contribution in [0, 0.1) is 0 Å². The lowest BCUT2D eigenvalue weighted by atomic mass is 10.0. The summed E-state index contributed by atoms with van der Waals surface area (Å²) >= 11 is 0. The van der Waals surface area contributed by atoms with Crippen molar-refractivity contribution in [1.82, 2.24) is 0 Å². The highest BCUT2D eigenvalue weighted by Gasteiger charge is 2.04. The fourth-order valence-corrected chi connectivity index (χ4v) is 2.51. The number of unbranched alkanes of at least 4 members (excludes halogenated alkanes) is 6. The van der Waals surface area contributed by atoms with Gasteiger partial charge in [-0.3, -0.25) is 0 Å². The van der Waals surface area contributed by atoms with Crippen molar-refractivity contribution in [3.8, 4) is 5.75 Å². The molecule has 0 fully saturated rings. The molecule has 0 aromatic heterocycles. The van der Waals surface area contributed by atoms with E-state index in [4.69, 9.17) is 9.84 Å². The molecule has 0 spiro atoms. The predicted octanol–water partition coefficient (Wildman–Crippen LogP) is 5.09. The van der Waals surface area contributed by atoms with E-state index in [2.05, 4.69) is 6.92 Å². The Bertz CT molecular complexity index is 478. The van der Waals surface area contributed by atoms with E-state index >= 15 is 0 Å². The summed E-state index contributed by atoms with van der Waals surface area (Å²) in [6, 6.07) is 5.88. The van der Waals surface area contributed by atoms with Crippen molar-refractivity contribution in [2.24, 2.45) is 0 Å². The Labute approximate surface area is 134 Å². The van der Waals surface area contributed by atoms with E-state index in [1.807, 2.05) is 18.2 Å². The second-order valence-electron chi connectivity index (χ2n) is 5.61. The first-order chi connectivity index (χ1) is 10.7. The first-order valence-corrected chi connectivity index (χ1v) is 8.25. The molecule has 0 amide bonds. The minimum Gasteiger partial charge on any atom is -0.496 e. The average Bonchev–Trinajstić information content (AvgIpc) is 2.52. The first kappa shape index (κ1) is 18.3. The zero-order valence-corrected chi connectivity index (χ0v) is 13.8. The number of benzene rings is 1. The van der Waals surface area contributed by atoms with Crippen LogP contribution in [0.5, 0.6) is 5.75 Å². The van der Waals surface area contributed by atoms with Gasteiger partial charge in [0.05, 0.1) is 7.11 Å². The number of carboxylic acids is 1. The van der Waals surface area contributed by atoms with Gasteiger partial charge in [0.1, 0.15) is 5.75 Å². The smallest absolute Gasteiger partial charge is 0.328 e. The fourth-order valence-electron chi connectivity index (χ4n) is 2.51. The number of hydrogen-bond acceptors (Lipinski definition) is 2. The van der Waals surface area contributed by atoms with E-state index < -0.39 is 5.97 Å². The zero-order chi connectivity index (χ0) is 16.2. The predicted molar refractivity (Wildman–Crippen MR) is 91.4 cm³/mol. The Hall–Kier alpha value is -1.77. The summed E-state index contributed by atoms with van der Waals surface area (Å²) in [5.41, 5.74) is 2.05. The van der Waals surface area contributed by atoms with Crippen molar-refractivity contribution in [2.75, 3.05) is 7.11 Å². The van der Waals surface area contributed by atoms with Crippen molar-refractivity contribution >= 4 is 12.0 Å². The normalized spacial score (nSPS) is 11.0. The largest absolute Gasteiger partial charge is 0.496 e. The maximum Gasteiger partial charge on any atom is 0.328 e. The lowest BCUT2D eigenvalue weighted by Gasteiger charge is -2.09. The van der Waals surface area contributed by atoms with Crippen LogP contribution in [0.1, 0.15) is 63.0 Å². The number of hydrogen-bond donors (Lipinski definition) is 1. The molecule has 1 aromatic rings. The third kappa shape index (κ3) is 7.30. The number of aryl methyl sites for hydroxylation is 1. The Morgan fingerprint density at radius 1 is 1.14 bits per heavy atom.